The van der Waals surface area contributed by atoms with Gasteiger partial charge in [-0.25, -0.2) is 0 Å². The fourth-order valence-corrected chi connectivity index (χ4v) is 3.75. The first-order chi connectivity index (χ1) is 10.1. The van der Waals surface area contributed by atoms with Crippen molar-refractivity contribution in [3.63, 3.8) is 0 Å². The van der Waals surface area contributed by atoms with E-state index in [0.717, 1.165) is 18.8 Å². The van der Waals surface area contributed by atoms with Crippen LogP contribution in [0.2, 0.25) is 0 Å². The summed E-state index contributed by atoms with van der Waals surface area (Å²) < 4.78 is 0. The normalized spacial score (nSPS) is 27.9. The van der Waals surface area contributed by atoms with Gasteiger partial charge in [0, 0.05) is 12.2 Å². The van der Waals surface area contributed by atoms with Crippen molar-refractivity contribution in [2.45, 2.75) is 31.8 Å². The molecule has 0 bridgehead atoms. The lowest BCUT2D eigenvalue weighted by atomic mass is 9.93. The van der Waals surface area contributed by atoms with Crippen LogP contribution in [-0.2, 0) is 11.3 Å². The van der Waals surface area contributed by atoms with E-state index in [4.69, 9.17) is 0 Å². The molecule has 1 aromatic rings. The van der Waals surface area contributed by atoms with E-state index in [2.05, 4.69) is 41.8 Å². The third-order valence-corrected chi connectivity index (χ3v) is 4.75. The number of hydrogen-bond donors (Lipinski definition) is 2. The molecule has 4 nitrogen and oxygen atoms in total. The molecule has 1 aliphatic carbocycles. The predicted octanol–water partition coefficient (Wildman–Crippen LogP) is 2.07. The van der Waals surface area contributed by atoms with Crippen LogP contribution in [0.1, 0.15) is 24.8 Å². The van der Waals surface area contributed by atoms with Crippen molar-refractivity contribution in [2.75, 3.05) is 26.0 Å². The zero-order chi connectivity index (χ0) is 14.8. The van der Waals surface area contributed by atoms with E-state index in [9.17, 15) is 4.79 Å². The minimum atomic E-state index is -0.000971. The molecule has 0 radical (unpaired) electrons. The first kappa shape index (κ1) is 14.5. The number of amides is 1. The number of carbonyl (C=O) groups excluding carboxylic acids is 1. The standard InChI is InChI=1S/C17H25N3O/c1-20(2)11-12-6-8-14(9-7-12)19-17(21)16-15-5-3-4-13(15)10-18-16/h6-9,13,15-16,18H,3-5,10-11H2,1-2H3,(H,19,21). The Bertz CT molecular complexity index is 497. The SMILES string of the molecule is CN(C)Cc1ccc(NC(=O)C2NCC3CCCC32)cc1. The lowest BCUT2D eigenvalue weighted by Crippen LogP contribution is -2.39. The van der Waals surface area contributed by atoms with Gasteiger partial charge in [0.2, 0.25) is 5.91 Å². The number of nitrogens with zero attached hydrogens (tertiary/aromatic N) is 1. The number of benzene rings is 1. The smallest absolute Gasteiger partial charge is 0.241 e. The second-order valence-corrected chi connectivity index (χ2v) is 6.66. The lowest BCUT2D eigenvalue weighted by molar-refractivity contribution is -0.118. The van der Waals surface area contributed by atoms with Gasteiger partial charge in [-0.2, -0.15) is 0 Å². The van der Waals surface area contributed by atoms with Crippen LogP contribution in [0.3, 0.4) is 0 Å². The Kier molecular flexibility index (Phi) is 4.27. The summed E-state index contributed by atoms with van der Waals surface area (Å²) in [5.74, 6) is 1.38. The van der Waals surface area contributed by atoms with Crippen LogP contribution in [0.25, 0.3) is 0 Å². The summed E-state index contributed by atoms with van der Waals surface area (Å²) in [6.07, 6.45) is 3.75. The van der Waals surface area contributed by atoms with Crippen molar-refractivity contribution < 1.29 is 4.79 Å². The topological polar surface area (TPSA) is 44.4 Å². The molecule has 2 fully saturated rings. The number of carbonyl (C=O) groups is 1. The van der Waals surface area contributed by atoms with Crippen LogP contribution < -0.4 is 10.6 Å². The summed E-state index contributed by atoms with van der Waals surface area (Å²) in [6.45, 7) is 1.92. The molecule has 0 spiro atoms. The van der Waals surface area contributed by atoms with E-state index < -0.39 is 0 Å². The Morgan fingerprint density at radius 2 is 2.05 bits per heavy atom. The molecule has 1 saturated heterocycles. The molecular formula is C17H25N3O. The highest BCUT2D eigenvalue weighted by atomic mass is 16.2. The van der Waals surface area contributed by atoms with Gasteiger partial charge in [0.05, 0.1) is 6.04 Å². The summed E-state index contributed by atoms with van der Waals surface area (Å²) in [5, 5.41) is 6.46. The third-order valence-electron chi connectivity index (χ3n) is 4.75. The third kappa shape index (κ3) is 3.27. The average Bonchev–Trinajstić information content (AvgIpc) is 3.02. The van der Waals surface area contributed by atoms with Crippen LogP contribution >= 0.6 is 0 Å². The summed E-state index contributed by atoms with van der Waals surface area (Å²) in [7, 11) is 4.11. The Hall–Kier alpha value is -1.39. The summed E-state index contributed by atoms with van der Waals surface area (Å²) in [6, 6.07) is 8.15. The van der Waals surface area contributed by atoms with Crippen LogP contribution in [0.5, 0.6) is 0 Å². The van der Waals surface area contributed by atoms with Crippen molar-refractivity contribution in [1.82, 2.24) is 10.2 Å². The Labute approximate surface area is 126 Å². The van der Waals surface area contributed by atoms with Gasteiger partial charge >= 0.3 is 0 Å². The fraction of sp³-hybridized carbons (Fsp3) is 0.588. The van der Waals surface area contributed by atoms with Crippen molar-refractivity contribution >= 4 is 11.6 Å². The zero-order valence-corrected chi connectivity index (χ0v) is 12.9. The number of rotatable bonds is 4. The predicted molar refractivity (Wildman–Crippen MR) is 85.1 cm³/mol. The minimum absolute atomic E-state index is 0.000971. The Morgan fingerprint density at radius 3 is 2.76 bits per heavy atom. The first-order valence-corrected chi connectivity index (χ1v) is 7.91. The van der Waals surface area contributed by atoms with Gasteiger partial charge in [-0.1, -0.05) is 18.6 Å². The number of anilines is 1. The molecule has 2 aliphatic rings. The molecule has 1 amide bonds. The minimum Gasteiger partial charge on any atom is -0.325 e. The molecule has 0 aromatic heterocycles. The zero-order valence-electron chi connectivity index (χ0n) is 12.9. The molecule has 1 heterocycles. The average molecular weight is 287 g/mol. The summed E-state index contributed by atoms with van der Waals surface area (Å²) in [4.78, 5) is 14.6. The lowest BCUT2D eigenvalue weighted by Gasteiger charge is -2.18. The van der Waals surface area contributed by atoms with Crippen molar-refractivity contribution in [2.24, 2.45) is 11.8 Å². The van der Waals surface area contributed by atoms with E-state index in [-0.39, 0.29) is 11.9 Å². The van der Waals surface area contributed by atoms with Gasteiger partial charge in [-0.05, 0) is 63.0 Å². The van der Waals surface area contributed by atoms with Crippen LogP contribution in [-0.4, -0.2) is 37.5 Å². The largest absolute Gasteiger partial charge is 0.325 e. The maximum absolute atomic E-state index is 12.4. The maximum Gasteiger partial charge on any atom is 0.241 e. The van der Waals surface area contributed by atoms with E-state index >= 15 is 0 Å². The van der Waals surface area contributed by atoms with Gasteiger partial charge in [-0.3, -0.25) is 4.79 Å². The second kappa shape index (κ2) is 6.16. The molecule has 2 N–H and O–H groups in total. The van der Waals surface area contributed by atoms with Crippen LogP contribution in [0.4, 0.5) is 5.69 Å². The Balaban J connectivity index is 1.59. The molecule has 1 saturated carbocycles. The van der Waals surface area contributed by atoms with Crippen molar-refractivity contribution in [1.29, 1.82) is 0 Å². The number of hydrogen-bond acceptors (Lipinski definition) is 3. The quantitative estimate of drug-likeness (QED) is 0.891. The summed E-state index contributed by atoms with van der Waals surface area (Å²) >= 11 is 0. The van der Waals surface area contributed by atoms with Crippen LogP contribution in [0.15, 0.2) is 24.3 Å². The highest BCUT2D eigenvalue weighted by Gasteiger charge is 2.42. The van der Waals surface area contributed by atoms with Gasteiger partial charge < -0.3 is 15.5 Å². The van der Waals surface area contributed by atoms with E-state index in [1.165, 1.54) is 24.8 Å². The maximum atomic E-state index is 12.4. The van der Waals surface area contributed by atoms with Crippen LogP contribution in [0, 0.1) is 11.8 Å². The van der Waals surface area contributed by atoms with Crippen molar-refractivity contribution in [3.8, 4) is 0 Å². The monoisotopic (exact) mass is 287 g/mol. The molecule has 114 valence electrons. The molecule has 21 heavy (non-hydrogen) atoms. The molecule has 1 aliphatic heterocycles. The van der Waals surface area contributed by atoms with E-state index in [1.54, 1.807) is 0 Å². The van der Waals surface area contributed by atoms with E-state index in [0.29, 0.717) is 11.8 Å². The van der Waals surface area contributed by atoms with Gasteiger partial charge in [0.25, 0.3) is 0 Å². The molecule has 3 atom stereocenters. The number of nitrogens with one attached hydrogen (secondary N) is 2. The van der Waals surface area contributed by atoms with Crippen molar-refractivity contribution in [3.05, 3.63) is 29.8 Å². The first-order valence-electron chi connectivity index (χ1n) is 7.91. The molecule has 1 aromatic carbocycles. The highest BCUT2D eigenvalue weighted by Crippen LogP contribution is 2.37. The Morgan fingerprint density at radius 1 is 1.29 bits per heavy atom. The second-order valence-electron chi connectivity index (χ2n) is 6.66. The summed E-state index contributed by atoms with van der Waals surface area (Å²) in [5.41, 5.74) is 2.15. The highest BCUT2D eigenvalue weighted by molar-refractivity contribution is 5.95. The molecule has 4 heteroatoms. The molecule has 3 rings (SSSR count). The molecule has 3 unspecified atom stereocenters. The molecular weight excluding hydrogens is 262 g/mol. The van der Waals surface area contributed by atoms with E-state index in [1.807, 2.05) is 12.1 Å². The van der Waals surface area contributed by atoms with Gasteiger partial charge in [0.15, 0.2) is 0 Å². The van der Waals surface area contributed by atoms with Gasteiger partial charge in [-0.15, -0.1) is 0 Å². The van der Waals surface area contributed by atoms with Gasteiger partial charge in [0.1, 0.15) is 0 Å². The number of fused-ring (bicyclic) bond motifs is 1. The fourth-order valence-electron chi connectivity index (χ4n) is 3.75.